The third-order valence-electron chi connectivity index (χ3n) is 5.56. The Bertz CT molecular complexity index is 752. The lowest BCUT2D eigenvalue weighted by Crippen LogP contribution is -2.37. The van der Waals surface area contributed by atoms with Crippen molar-refractivity contribution < 1.29 is 13.2 Å². The van der Waals surface area contributed by atoms with Crippen LogP contribution in [-0.4, -0.2) is 49.7 Å². The summed E-state index contributed by atoms with van der Waals surface area (Å²) in [7, 11) is -1.69. The molecule has 144 valence electrons. The van der Waals surface area contributed by atoms with Gasteiger partial charge in [0.15, 0.2) is 0 Å². The molecular formula is C19H27BrN2O3S. The average Bonchev–Trinajstić information content (AvgIpc) is 3.05. The second kappa shape index (κ2) is 8.40. The molecule has 0 spiro atoms. The fourth-order valence-electron chi connectivity index (χ4n) is 3.91. The quantitative estimate of drug-likeness (QED) is 0.661. The summed E-state index contributed by atoms with van der Waals surface area (Å²) in [6, 6.07) is 5.03. The van der Waals surface area contributed by atoms with Gasteiger partial charge in [0.2, 0.25) is 10.0 Å². The van der Waals surface area contributed by atoms with Gasteiger partial charge in [0.25, 0.3) is 5.91 Å². The van der Waals surface area contributed by atoms with Crippen LogP contribution in [0.5, 0.6) is 0 Å². The number of carbonyl (C=O) groups excluding carboxylic acids is 1. The number of amides is 1. The first-order valence-corrected chi connectivity index (χ1v) is 11.7. The summed E-state index contributed by atoms with van der Waals surface area (Å²) in [6.45, 7) is 1.12. The Balaban J connectivity index is 1.86. The van der Waals surface area contributed by atoms with E-state index in [4.69, 9.17) is 0 Å². The molecule has 1 aromatic rings. The van der Waals surface area contributed by atoms with Crippen molar-refractivity contribution in [2.24, 2.45) is 0 Å². The fourth-order valence-corrected chi connectivity index (χ4v) is 5.87. The van der Waals surface area contributed by atoms with E-state index in [0.717, 1.165) is 38.5 Å². The first kappa shape index (κ1) is 19.8. The standard InChI is InChI=1S/C19H27BrN2O3S/c1-21(15-8-4-2-3-5-9-15)19(23)17-14-16(10-11-18(17)20)26(24,25)22-12-6-7-13-22/h10-11,14-15H,2-9,12-13H2,1H3. The maximum absolute atomic E-state index is 13.1. The number of sulfonamides is 1. The monoisotopic (exact) mass is 442 g/mol. The van der Waals surface area contributed by atoms with Crippen LogP contribution in [0.4, 0.5) is 0 Å². The van der Waals surface area contributed by atoms with Crippen molar-refractivity contribution in [2.45, 2.75) is 62.3 Å². The summed E-state index contributed by atoms with van der Waals surface area (Å²) in [4.78, 5) is 15.1. The molecule has 1 aliphatic carbocycles. The van der Waals surface area contributed by atoms with Gasteiger partial charge in [-0.2, -0.15) is 4.31 Å². The SMILES string of the molecule is CN(C(=O)c1cc(S(=O)(=O)N2CCCC2)ccc1Br)C1CCCCCC1. The number of halogens is 1. The third kappa shape index (κ3) is 4.15. The fraction of sp³-hybridized carbons (Fsp3) is 0.632. The van der Waals surface area contributed by atoms with Crippen molar-refractivity contribution in [3.8, 4) is 0 Å². The summed E-state index contributed by atoms with van der Waals surface area (Å²) in [5, 5.41) is 0. The summed E-state index contributed by atoms with van der Waals surface area (Å²) < 4.78 is 27.8. The largest absolute Gasteiger partial charge is 0.339 e. The number of rotatable bonds is 4. The van der Waals surface area contributed by atoms with E-state index in [2.05, 4.69) is 15.9 Å². The van der Waals surface area contributed by atoms with Crippen LogP contribution in [0.1, 0.15) is 61.7 Å². The molecule has 0 unspecified atom stereocenters. The summed E-state index contributed by atoms with van der Waals surface area (Å²) in [6.07, 6.45) is 8.58. The van der Waals surface area contributed by atoms with E-state index < -0.39 is 10.0 Å². The molecule has 1 saturated heterocycles. The van der Waals surface area contributed by atoms with Gasteiger partial charge in [0.1, 0.15) is 0 Å². The lowest BCUT2D eigenvalue weighted by atomic mass is 10.1. The van der Waals surface area contributed by atoms with E-state index in [1.165, 1.54) is 23.2 Å². The maximum atomic E-state index is 13.1. The van der Waals surface area contributed by atoms with Crippen molar-refractivity contribution in [2.75, 3.05) is 20.1 Å². The van der Waals surface area contributed by atoms with Gasteiger partial charge in [-0.1, -0.05) is 25.7 Å². The molecule has 1 aliphatic heterocycles. The van der Waals surface area contributed by atoms with Gasteiger partial charge in [-0.15, -0.1) is 0 Å². The molecule has 1 saturated carbocycles. The Morgan fingerprint density at radius 2 is 1.69 bits per heavy atom. The topological polar surface area (TPSA) is 57.7 Å². The van der Waals surface area contributed by atoms with Crippen molar-refractivity contribution in [1.29, 1.82) is 0 Å². The lowest BCUT2D eigenvalue weighted by Gasteiger charge is -2.28. The molecule has 5 nitrogen and oxygen atoms in total. The molecule has 1 aromatic carbocycles. The minimum absolute atomic E-state index is 0.109. The molecule has 26 heavy (non-hydrogen) atoms. The molecule has 0 N–H and O–H groups in total. The smallest absolute Gasteiger partial charge is 0.255 e. The second-order valence-corrected chi connectivity index (χ2v) is 10.1. The highest BCUT2D eigenvalue weighted by atomic mass is 79.9. The van der Waals surface area contributed by atoms with E-state index in [0.29, 0.717) is 23.1 Å². The molecule has 2 fully saturated rings. The molecular weight excluding hydrogens is 416 g/mol. The third-order valence-corrected chi connectivity index (χ3v) is 8.15. The molecule has 1 amide bonds. The van der Waals surface area contributed by atoms with Gasteiger partial charge >= 0.3 is 0 Å². The van der Waals surface area contributed by atoms with Gasteiger partial charge in [0.05, 0.1) is 10.5 Å². The maximum Gasteiger partial charge on any atom is 0.255 e. The minimum atomic E-state index is -3.53. The molecule has 3 rings (SSSR count). The van der Waals surface area contributed by atoms with Gasteiger partial charge < -0.3 is 4.90 Å². The first-order valence-electron chi connectivity index (χ1n) is 9.48. The molecule has 0 bridgehead atoms. The van der Waals surface area contributed by atoms with E-state index in [9.17, 15) is 13.2 Å². The van der Waals surface area contributed by atoms with Crippen LogP contribution in [0.3, 0.4) is 0 Å². The summed E-state index contributed by atoms with van der Waals surface area (Å²) in [5.41, 5.74) is 0.428. The van der Waals surface area contributed by atoms with Crippen LogP contribution in [0.15, 0.2) is 27.6 Å². The Morgan fingerprint density at radius 1 is 1.08 bits per heavy atom. The van der Waals surface area contributed by atoms with Crippen LogP contribution >= 0.6 is 15.9 Å². The van der Waals surface area contributed by atoms with Gasteiger partial charge in [-0.25, -0.2) is 8.42 Å². The van der Waals surface area contributed by atoms with Crippen LogP contribution in [0.2, 0.25) is 0 Å². The lowest BCUT2D eigenvalue weighted by molar-refractivity contribution is 0.0716. The van der Waals surface area contributed by atoms with E-state index >= 15 is 0 Å². The molecule has 0 radical (unpaired) electrons. The number of benzene rings is 1. The molecule has 0 atom stereocenters. The number of hydrogen-bond acceptors (Lipinski definition) is 3. The van der Waals surface area contributed by atoms with Crippen LogP contribution in [0.25, 0.3) is 0 Å². The average molecular weight is 443 g/mol. The van der Waals surface area contributed by atoms with Crippen LogP contribution in [0, 0.1) is 0 Å². The molecule has 2 aliphatic rings. The normalized spacial score (nSPS) is 20.1. The van der Waals surface area contributed by atoms with Crippen molar-refractivity contribution in [1.82, 2.24) is 9.21 Å². The van der Waals surface area contributed by atoms with Crippen LogP contribution < -0.4 is 0 Å². The zero-order valence-electron chi connectivity index (χ0n) is 15.3. The van der Waals surface area contributed by atoms with Crippen LogP contribution in [-0.2, 0) is 10.0 Å². The van der Waals surface area contributed by atoms with Gasteiger partial charge in [-0.05, 0) is 59.8 Å². The number of nitrogens with zero attached hydrogens (tertiary/aromatic N) is 2. The molecule has 7 heteroatoms. The Hall–Kier alpha value is -0.920. The van der Waals surface area contributed by atoms with Crippen molar-refractivity contribution in [3.63, 3.8) is 0 Å². The van der Waals surface area contributed by atoms with E-state index in [1.54, 1.807) is 17.0 Å². The highest BCUT2D eigenvalue weighted by Gasteiger charge is 2.29. The predicted octanol–water partition coefficient (Wildman–Crippen LogP) is 4.03. The van der Waals surface area contributed by atoms with Gasteiger partial charge in [-0.3, -0.25) is 4.79 Å². The minimum Gasteiger partial charge on any atom is -0.339 e. The number of carbonyl (C=O) groups is 1. The highest BCUT2D eigenvalue weighted by molar-refractivity contribution is 9.10. The van der Waals surface area contributed by atoms with E-state index in [-0.39, 0.29) is 16.8 Å². The number of hydrogen-bond donors (Lipinski definition) is 0. The van der Waals surface area contributed by atoms with Crippen molar-refractivity contribution >= 4 is 31.9 Å². The zero-order chi connectivity index (χ0) is 18.7. The first-order chi connectivity index (χ1) is 12.4. The van der Waals surface area contributed by atoms with Gasteiger partial charge in [0, 0.05) is 30.7 Å². The van der Waals surface area contributed by atoms with E-state index in [1.807, 2.05) is 7.05 Å². The Morgan fingerprint density at radius 3 is 2.31 bits per heavy atom. The second-order valence-electron chi connectivity index (χ2n) is 7.31. The molecule has 1 heterocycles. The Labute approximate surface area is 164 Å². The Kier molecular flexibility index (Phi) is 6.41. The van der Waals surface area contributed by atoms with Crippen molar-refractivity contribution in [3.05, 3.63) is 28.2 Å². The highest BCUT2D eigenvalue weighted by Crippen LogP contribution is 2.28. The summed E-state index contributed by atoms with van der Waals surface area (Å²) >= 11 is 3.43. The predicted molar refractivity (Wildman–Crippen MR) is 106 cm³/mol. The zero-order valence-corrected chi connectivity index (χ0v) is 17.7. The summed E-state index contributed by atoms with van der Waals surface area (Å²) in [5.74, 6) is -0.109. The molecule has 0 aromatic heterocycles.